The van der Waals surface area contributed by atoms with Crippen molar-refractivity contribution in [2.24, 2.45) is 0 Å². The largest absolute Gasteiger partial charge is 0.326 e. The van der Waals surface area contributed by atoms with Crippen molar-refractivity contribution in [2.75, 3.05) is 5.32 Å². The summed E-state index contributed by atoms with van der Waals surface area (Å²) in [5.41, 5.74) is 5.54. The molecule has 4 rings (SSSR count). The van der Waals surface area contributed by atoms with Crippen LogP contribution in [0.25, 0.3) is 0 Å². The third-order valence-corrected chi connectivity index (χ3v) is 6.16. The first-order chi connectivity index (χ1) is 16.8. The SMILES string of the molecule is Cc1cccc(NC(=O)CC2C(=O)N(Cc3ccccc3)C(=S)N2NC(=O)c2ccc(Cl)cc2)c1. The van der Waals surface area contributed by atoms with Crippen LogP contribution >= 0.6 is 23.8 Å². The summed E-state index contributed by atoms with van der Waals surface area (Å²) in [6.45, 7) is 2.14. The van der Waals surface area contributed by atoms with Gasteiger partial charge in [-0.15, -0.1) is 0 Å². The lowest BCUT2D eigenvalue weighted by molar-refractivity contribution is -0.131. The van der Waals surface area contributed by atoms with Crippen LogP contribution in [0.1, 0.15) is 27.9 Å². The number of anilines is 1. The number of hydrogen-bond donors (Lipinski definition) is 2. The zero-order chi connectivity index (χ0) is 24.9. The molecule has 7 nitrogen and oxygen atoms in total. The molecule has 9 heteroatoms. The van der Waals surface area contributed by atoms with E-state index in [0.29, 0.717) is 16.3 Å². The van der Waals surface area contributed by atoms with E-state index in [1.165, 1.54) is 9.91 Å². The third-order valence-electron chi connectivity index (χ3n) is 5.49. The first-order valence-corrected chi connectivity index (χ1v) is 11.7. The number of benzene rings is 3. The summed E-state index contributed by atoms with van der Waals surface area (Å²) in [5.74, 6) is -1.21. The van der Waals surface area contributed by atoms with Crippen molar-refractivity contribution < 1.29 is 14.4 Å². The number of aryl methyl sites for hydroxylation is 1. The smallest absolute Gasteiger partial charge is 0.269 e. The molecule has 3 aromatic rings. The van der Waals surface area contributed by atoms with Crippen LogP contribution in [-0.4, -0.2) is 38.8 Å². The van der Waals surface area contributed by atoms with Crippen LogP contribution < -0.4 is 10.7 Å². The van der Waals surface area contributed by atoms with Crippen LogP contribution in [0.15, 0.2) is 78.9 Å². The second kappa shape index (κ2) is 10.7. The number of nitrogens with one attached hydrogen (secondary N) is 2. The number of hydrazine groups is 1. The van der Waals surface area contributed by atoms with Gasteiger partial charge >= 0.3 is 0 Å². The average molecular weight is 507 g/mol. The Bertz CT molecular complexity index is 1270. The maximum absolute atomic E-state index is 13.4. The van der Waals surface area contributed by atoms with Crippen molar-refractivity contribution in [2.45, 2.75) is 25.9 Å². The minimum Gasteiger partial charge on any atom is -0.326 e. The fraction of sp³-hybridized carbons (Fsp3) is 0.154. The summed E-state index contributed by atoms with van der Waals surface area (Å²) >= 11 is 11.5. The number of thiocarbonyl (C=S) groups is 1. The lowest BCUT2D eigenvalue weighted by Gasteiger charge is -2.24. The Morgan fingerprint density at radius 2 is 1.71 bits per heavy atom. The molecule has 178 valence electrons. The molecule has 0 radical (unpaired) electrons. The number of halogens is 1. The highest BCUT2D eigenvalue weighted by atomic mass is 35.5. The van der Waals surface area contributed by atoms with Gasteiger partial charge in [0.25, 0.3) is 11.8 Å². The highest BCUT2D eigenvalue weighted by molar-refractivity contribution is 7.80. The van der Waals surface area contributed by atoms with Gasteiger partial charge in [0.05, 0.1) is 13.0 Å². The molecule has 1 saturated heterocycles. The summed E-state index contributed by atoms with van der Waals surface area (Å²) in [5, 5.41) is 4.73. The van der Waals surface area contributed by atoms with Crippen molar-refractivity contribution in [3.63, 3.8) is 0 Å². The molecular formula is C26H23ClN4O3S. The highest BCUT2D eigenvalue weighted by Gasteiger charge is 2.44. The molecule has 0 aromatic heterocycles. The molecule has 35 heavy (non-hydrogen) atoms. The number of hydrogen-bond acceptors (Lipinski definition) is 4. The van der Waals surface area contributed by atoms with Crippen LogP contribution in [-0.2, 0) is 16.1 Å². The minimum absolute atomic E-state index is 0.120. The molecule has 3 amide bonds. The Labute approximate surface area is 213 Å². The zero-order valence-electron chi connectivity index (χ0n) is 18.9. The molecule has 1 heterocycles. The van der Waals surface area contributed by atoms with Gasteiger partial charge in [-0.3, -0.25) is 24.7 Å². The average Bonchev–Trinajstić information content (AvgIpc) is 3.04. The monoisotopic (exact) mass is 506 g/mol. The Balaban J connectivity index is 1.56. The Morgan fingerprint density at radius 3 is 2.40 bits per heavy atom. The molecule has 2 N–H and O–H groups in total. The number of rotatable bonds is 7. The van der Waals surface area contributed by atoms with Crippen molar-refractivity contribution in [3.8, 4) is 0 Å². The molecule has 1 fully saturated rings. The zero-order valence-corrected chi connectivity index (χ0v) is 20.5. The molecule has 0 bridgehead atoms. The van der Waals surface area contributed by atoms with Gasteiger partial charge in [0.2, 0.25) is 5.91 Å². The second-order valence-electron chi connectivity index (χ2n) is 8.15. The first-order valence-electron chi connectivity index (χ1n) is 10.9. The summed E-state index contributed by atoms with van der Waals surface area (Å²) in [6.07, 6.45) is -0.195. The van der Waals surface area contributed by atoms with E-state index in [0.717, 1.165) is 11.1 Å². The number of carbonyl (C=O) groups is 3. The van der Waals surface area contributed by atoms with Gasteiger partial charge in [0.15, 0.2) is 5.11 Å². The molecule has 1 aliphatic rings. The van der Waals surface area contributed by atoms with Crippen molar-refractivity contribution in [1.82, 2.24) is 15.3 Å². The first kappa shape index (κ1) is 24.4. The Morgan fingerprint density at radius 1 is 1.00 bits per heavy atom. The van der Waals surface area contributed by atoms with E-state index in [1.54, 1.807) is 30.3 Å². The lowest BCUT2D eigenvalue weighted by Crippen LogP contribution is -2.49. The van der Waals surface area contributed by atoms with Crippen molar-refractivity contribution in [1.29, 1.82) is 0 Å². The third kappa shape index (κ3) is 5.85. The number of nitrogens with zero attached hydrogens (tertiary/aromatic N) is 2. The van der Waals surface area contributed by atoms with Gasteiger partial charge in [-0.2, -0.15) is 0 Å². The van der Waals surface area contributed by atoms with Crippen LogP contribution in [0.4, 0.5) is 5.69 Å². The molecule has 1 aliphatic heterocycles. The number of carbonyl (C=O) groups excluding carboxylic acids is 3. The predicted molar refractivity (Wildman–Crippen MR) is 139 cm³/mol. The Hall–Kier alpha value is -3.75. The number of amides is 3. The summed E-state index contributed by atoms with van der Waals surface area (Å²) in [4.78, 5) is 40.5. The van der Waals surface area contributed by atoms with Crippen LogP contribution in [0.3, 0.4) is 0 Å². The fourth-order valence-electron chi connectivity index (χ4n) is 3.75. The molecular weight excluding hydrogens is 484 g/mol. The molecule has 0 spiro atoms. The van der Waals surface area contributed by atoms with Crippen LogP contribution in [0.5, 0.6) is 0 Å². The van der Waals surface area contributed by atoms with Gasteiger partial charge in [0.1, 0.15) is 6.04 Å². The van der Waals surface area contributed by atoms with E-state index in [4.69, 9.17) is 23.8 Å². The highest BCUT2D eigenvalue weighted by Crippen LogP contribution is 2.23. The fourth-order valence-corrected chi connectivity index (χ4v) is 4.20. The maximum atomic E-state index is 13.4. The summed E-state index contributed by atoms with van der Waals surface area (Å²) in [6, 6.07) is 22.1. The van der Waals surface area contributed by atoms with E-state index < -0.39 is 11.9 Å². The van der Waals surface area contributed by atoms with Crippen LogP contribution in [0.2, 0.25) is 5.02 Å². The summed E-state index contributed by atoms with van der Waals surface area (Å²) in [7, 11) is 0. The lowest BCUT2D eigenvalue weighted by atomic mass is 10.1. The van der Waals surface area contributed by atoms with Gasteiger partial charge in [0, 0.05) is 16.3 Å². The van der Waals surface area contributed by atoms with Gasteiger partial charge < -0.3 is 5.32 Å². The quantitative estimate of drug-likeness (QED) is 0.466. The van der Waals surface area contributed by atoms with Crippen LogP contribution in [0, 0.1) is 6.92 Å². The topological polar surface area (TPSA) is 81.8 Å². The Kier molecular flexibility index (Phi) is 7.43. The van der Waals surface area contributed by atoms with E-state index in [2.05, 4.69) is 10.7 Å². The second-order valence-corrected chi connectivity index (χ2v) is 8.95. The van der Waals surface area contributed by atoms with E-state index in [1.807, 2.05) is 55.5 Å². The van der Waals surface area contributed by atoms with Gasteiger partial charge in [-0.25, -0.2) is 5.01 Å². The minimum atomic E-state index is -0.993. The molecule has 3 aromatic carbocycles. The van der Waals surface area contributed by atoms with E-state index >= 15 is 0 Å². The van der Waals surface area contributed by atoms with Crippen molar-refractivity contribution >= 4 is 52.3 Å². The van der Waals surface area contributed by atoms with Crippen molar-refractivity contribution in [3.05, 3.63) is 101 Å². The van der Waals surface area contributed by atoms with E-state index in [-0.39, 0.29) is 29.9 Å². The maximum Gasteiger partial charge on any atom is 0.269 e. The molecule has 0 saturated carbocycles. The summed E-state index contributed by atoms with van der Waals surface area (Å²) < 4.78 is 0. The molecule has 1 atom stereocenters. The predicted octanol–water partition coefficient (Wildman–Crippen LogP) is 4.32. The normalized spacial score (nSPS) is 15.3. The van der Waals surface area contributed by atoms with E-state index in [9.17, 15) is 14.4 Å². The molecule has 0 aliphatic carbocycles. The standard InChI is InChI=1S/C26H23ClN4O3S/c1-17-6-5-9-21(14-17)28-23(32)15-22-25(34)30(16-18-7-3-2-4-8-18)26(35)31(22)29-24(33)19-10-12-20(27)13-11-19/h2-14,22H,15-16H2,1H3,(H,28,32)(H,29,33). The molecule has 1 unspecified atom stereocenters. The van der Waals surface area contributed by atoms with Gasteiger partial charge in [-0.05, 0) is 66.7 Å². The van der Waals surface area contributed by atoms with Gasteiger partial charge in [-0.1, -0.05) is 54.1 Å².